The number of imide groups is 1. The number of halogens is 1. The lowest BCUT2D eigenvalue weighted by molar-refractivity contribution is -0.384. The second kappa shape index (κ2) is 12.6. The first-order valence-corrected chi connectivity index (χ1v) is 13.6. The van der Waals surface area contributed by atoms with Gasteiger partial charge in [0, 0.05) is 25.2 Å². The van der Waals surface area contributed by atoms with Gasteiger partial charge in [0.15, 0.2) is 11.5 Å². The molecule has 0 aromatic heterocycles. The standard InChI is InChI=1S/C25H24IN3O8S/c1-2-36-20-12-17(11-19(26)23(20)37-15-16-4-3-5-18(10-16)29(33)34)13-21-24(31)28(25(32)38-21)14-22(30)27-6-8-35-9-7-27/h3-5,10-13H,2,6-9,14-15H2,1H3/b21-13+. The Morgan fingerprint density at radius 1 is 1.21 bits per heavy atom. The summed E-state index contributed by atoms with van der Waals surface area (Å²) in [5.74, 6) is 0.0639. The van der Waals surface area contributed by atoms with Crippen LogP contribution in [0.15, 0.2) is 41.3 Å². The average Bonchev–Trinajstić information content (AvgIpc) is 3.16. The number of carbonyl (C=O) groups is 3. The third-order valence-corrected chi connectivity index (χ3v) is 7.37. The van der Waals surface area contributed by atoms with E-state index in [2.05, 4.69) is 22.6 Å². The Bertz CT molecular complexity index is 1300. The lowest BCUT2D eigenvalue weighted by Gasteiger charge is -2.28. The number of hydrogen-bond acceptors (Lipinski definition) is 9. The normalized spacial score (nSPS) is 16.7. The third-order valence-electron chi connectivity index (χ3n) is 5.66. The van der Waals surface area contributed by atoms with Crippen molar-refractivity contribution in [3.63, 3.8) is 0 Å². The van der Waals surface area contributed by atoms with Gasteiger partial charge < -0.3 is 19.1 Å². The fraction of sp³-hybridized carbons (Fsp3) is 0.320. The van der Waals surface area contributed by atoms with Crippen LogP contribution < -0.4 is 9.47 Å². The molecule has 2 aliphatic rings. The Balaban J connectivity index is 1.50. The fourth-order valence-electron chi connectivity index (χ4n) is 3.83. The van der Waals surface area contributed by atoms with E-state index < -0.39 is 16.1 Å². The summed E-state index contributed by atoms with van der Waals surface area (Å²) in [6.45, 7) is 3.67. The van der Waals surface area contributed by atoms with Crippen LogP contribution in [0.25, 0.3) is 6.08 Å². The topological polar surface area (TPSA) is 129 Å². The number of hydrogen-bond donors (Lipinski definition) is 0. The van der Waals surface area contributed by atoms with Crippen LogP contribution >= 0.6 is 34.4 Å². The van der Waals surface area contributed by atoms with Gasteiger partial charge in [-0.3, -0.25) is 29.4 Å². The minimum Gasteiger partial charge on any atom is -0.490 e. The van der Waals surface area contributed by atoms with Crippen molar-refractivity contribution in [1.82, 2.24) is 9.80 Å². The van der Waals surface area contributed by atoms with E-state index in [9.17, 15) is 24.5 Å². The molecule has 2 fully saturated rings. The van der Waals surface area contributed by atoms with Crippen LogP contribution in [0.3, 0.4) is 0 Å². The van der Waals surface area contributed by atoms with E-state index in [4.69, 9.17) is 14.2 Å². The minimum absolute atomic E-state index is 0.0261. The van der Waals surface area contributed by atoms with E-state index in [0.29, 0.717) is 59.1 Å². The second-order valence-electron chi connectivity index (χ2n) is 8.24. The van der Waals surface area contributed by atoms with Crippen LogP contribution in [0, 0.1) is 13.7 Å². The molecule has 2 aromatic carbocycles. The van der Waals surface area contributed by atoms with Gasteiger partial charge in [0.05, 0.1) is 33.2 Å². The molecule has 0 saturated carbocycles. The number of nitro groups is 1. The van der Waals surface area contributed by atoms with Crippen molar-refractivity contribution in [1.29, 1.82) is 0 Å². The molecule has 4 rings (SSSR count). The van der Waals surface area contributed by atoms with Crippen molar-refractivity contribution in [2.75, 3.05) is 39.5 Å². The van der Waals surface area contributed by atoms with Crippen molar-refractivity contribution in [3.8, 4) is 11.5 Å². The van der Waals surface area contributed by atoms with E-state index in [1.165, 1.54) is 12.1 Å². The summed E-state index contributed by atoms with van der Waals surface area (Å²) in [4.78, 5) is 51.4. The number of benzene rings is 2. The molecule has 2 heterocycles. The van der Waals surface area contributed by atoms with E-state index in [0.717, 1.165) is 16.7 Å². The molecular weight excluding hydrogens is 629 g/mol. The van der Waals surface area contributed by atoms with Gasteiger partial charge in [-0.25, -0.2) is 0 Å². The summed E-state index contributed by atoms with van der Waals surface area (Å²) in [6.07, 6.45) is 1.58. The Labute approximate surface area is 236 Å². The number of morpholine rings is 1. The third kappa shape index (κ3) is 6.63. The molecule has 0 bridgehead atoms. The van der Waals surface area contributed by atoms with Gasteiger partial charge in [-0.05, 0) is 70.6 Å². The largest absolute Gasteiger partial charge is 0.490 e. The number of rotatable bonds is 9. The van der Waals surface area contributed by atoms with Gasteiger partial charge >= 0.3 is 0 Å². The van der Waals surface area contributed by atoms with Gasteiger partial charge in [0.1, 0.15) is 13.2 Å². The number of amides is 3. The molecule has 2 saturated heterocycles. The van der Waals surface area contributed by atoms with Crippen LogP contribution in [0.4, 0.5) is 10.5 Å². The van der Waals surface area contributed by atoms with E-state index >= 15 is 0 Å². The predicted octanol–water partition coefficient (Wildman–Crippen LogP) is 4.07. The van der Waals surface area contributed by atoms with E-state index in [1.54, 1.807) is 35.2 Å². The quantitative estimate of drug-likeness (QED) is 0.170. The molecule has 3 amide bonds. The maximum atomic E-state index is 13.0. The highest BCUT2D eigenvalue weighted by Gasteiger charge is 2.37. The second-order valence-corrected chi connectivity index (χ2v) is 10.4. The Kier molecular flexibility index (Phi) is 9.22. The lowest BCUT2D eigenvalue weighted by atomic mass is 10.1. The van der Waals surface area contributed by atoms with Crippen LogP contribution in [0.1, 0.15) is 18.1 Å². The first kappa shape index (κ1) is 27.9. The monoisotopic (exact) mass is 653 g/mol. The molecule has 0 aliphatic carbocycles. The number of nitro benzene ring substituents is 1. The summed E-state index contributed by atoms with van der Waals surface area (Å²) in [6, 6.07) is 9.65. The molecule has 0 atom stereocenters. The summed E-state index contributed by atoms with van der Waals surface area (Å²) in [5.41, 5.74) is 1.22. The molecule has 0 N–H and O–H groups in total. The van der Waals surface area contributed by atoms with Crippen LogP contribution in [-0.2, 0) is 20.9 Å². The van der Waals surface area contributed by atoms with Gasteiger partial charge in [0.2, 0.25) is 5.91 Å². The zero-order valence-electron chi connectivity index (χ0n) is 20.4. The van der Waals surface area contributed by atoms with Gasteiger partial charge in [-0.1, -0.05) is 12.1 Å². The molecule has 200 valence electrons. The summed E-state index contributed by atoms with van der Waals surface area (Å²) >= 11 is 2.86. The smallest absolute Gasteiger partial charge is 0.294 e. The zero-order chi connectivity index (χ0) is 27.2. The zero-order valence-corrected chi connectivity index (χ0v) is 23.4. The molecule has 0 radical (unpaired) electrons. The molecule has 0 unspecified atom stereocenters. The number of ether oxygens (including phenoxy) is 3. The molecule has 0 spiro atoms. The molecule has 2 aromatic rings. The first-order chi connectivity index (χ1) is 18.3. The minimum atomic E-state index is -0.527. The van der Waals surface area contributed by atoms with Gasteiger partial charge in [-0.2, -0.15) is 0 Å². The molecule has 11 nitrogen and oxygen atoms in total. The molecular formula is C25H24IN3O8S. The Morgan fingerprint density at radius 3 is 2.68 bits per heavy atom. The maximum Gasteiger partial charge on any atom is 0.294 e. The average molecular weight is 653 g/mol. The maximum absolute atomic E-state index is 13.0. The number of carbonyl (C=O) groups excluding carboxylic acids is 3. The molecule has 2 aliphatic heterocycles. The number of thioether (sulfide) groups is 1. The highest BCUT2D eigenvalue weighted by Crippen LogP contribution is 2.38. The highest BCUT2D eigenvalue weighted by molar-refractivity contribution is 14.1. The highest BCUT2D eigenvalue weighted by atomic mass is 127. The lowest BCUT2D eigenvalue weighted by Crippen LogP contribution is -2.46. The molecule has 38 heavy (non-hydrogen) atoms. The van der Waals surface area contributed by atoms with Crippen molar-refractivity contribution >= 4 is 63.2 Å². The van der Waals surface area contributed by atoms with Crippen LogP contribution in [0.5, 0.6) is 11.5 Å². The first-order valence-electron chi connectivity index (χ1n) is 11.7. The van der Waals surface area contributed by atoms with E-state index in [-0.39, 0.29) is 29.7 Å². The summed E-state index contributed by atoms with van der Waals surface area (Å²) < 4.78 is 17.7. The fourth-order valence-corrected chi connectivity index (χ4v) is 5.44. The SMILES string of the molecule is CCOc1cc(/C=C2/SC(=O)N(CC(=O)N3CCOCC3)C2=O)cc(I)c1OCc1cccc([N+](=O)[O-])c1. The summed E-state index contributed by atoms with van der Waals surface area (Å²) in [5, 5.41) is 10.6. The van der Waals surface area contributed by atoms with Crippen LogP contribution in [-0.4, -0.2) is 71.2 Å². The molecule has 13 heteroatoms. The van der Waals surface area contributed by atoms with Crippen molar-refractivity contribution in [2.24, 2.45) is 0 Å². The van der Waals surface area contributed by atoms with Gasteiger partial charge in [0.25, 0.3) is 16.8 Å². The van der Waals surface area contributed by atoms with Gasteiger partial charge in [-0.15, -0.1) is 0 Å². The predicted molar refractivity (Wildman–Crippen MR) is 148 cm³/mol. The summed E-state index contributed by atoms with van der Waals surface area (Å²) in [7, 11) is 0. The number of nitrogens with zero attached hydrogens (tertiary/aromatic N) is 3. The van der Waals surface area contributed by atoms with Crippen LogP contribution in [0.2, 0.25) is 0 Å². The Hall–Kier alpha value is -3.17. The Morgan fingerprint density at radius 2 is 1.97 bits per heavy atom. The van der Waals surface area contributed by atoms with Crippen molar-refractivity contribution in [2.45, 2.75) is 13.5 Å². The van der Waals surface area contributed by atoms with Crippen molar-refractivity contribution < 1.29 is 33.5 Å². The number of non-ortho nitro benzene ring substituents is 1. The van der Waals surface area contributed by atoms with E-state index in [1.807, 2.05) is 6.92 Å². The van der Waals surface area contributed by atoms with Crippen molar-refractivity contribution in [3.05, 3.63) is 66.1 Å².